The fraction of sp³-hybridized carbons (Fsp3) is 0.143. The first kappa shape index (κ1) is 20.7. The predicted molar refractivity (Wildman–Crippen MR) is 117 cm³/mol. The number of non-ortho nitro benzene ring substituents is 1. The van der Waals surface area contributed by atoms with Crippen molar-refractivity contribution in [2.45, 2.75) is 19.3 Å². The molecule has 1 aliphatic rings. The molecule has 11 heteroatoms. The molecule has 1 atom stereocenters. The molecule has 2 amide bonds. The number of aryl methyl sites for hydroxylation is 1. The van der Waals surface area contributed by atoms with Crippen LogP contribution in [0.1, 0.15) is 23.5 Å². The van der Waals surface area contributed by atoms with Gasteiger partial charge in [0.15, 0.2) is 0 Å². The van der Waals surface area contributed by atoms with E-state index in [2.05, 4.69) is 25.9 Å². The van der Waals surface area contributed by atoms with Gasteiger partial charge in [-0.15, -0.1) is 0 Å². The number of fused-ring (bicyclic) bond motifs is 1. The van der Waals surface area contributed by atoms with Gasteiger partial charge in [-0.3, -0.25) is 29.5 Å². The van der Waals surface area contributed by atoms with E-state index in [1.54, 1.807) is 0 Å². The van der Waals surface area contributed by atoms with Crippen LogP contribution in [0.4, 0.5) is 28.8 Å². The maximum atomic E-state index is 12.9. The van der Waals surface area contributed by atoms with Crippen molar-refractivity contribution in [1.29, 1.82) is 0 Å². The largest absolute Gasteiger partial charge is 0.326 e. The number of rotatable bonds is 5. The maximum absolute atomic E-state index is 12.9. The fourth-order valence-electron chi connectivity index (χ4n) is 3.35. The summed E-state index contributed by atoms with van der Waals surface area (Å²) in [4.78, 5) is 55.1. The second-order valence-corrected chi connectivity index (χ2v) is 7.27. The molecule has 11 nitrogen and oxygen atoms in total. The number of nitrogens with zero attached hydrogens (tertiary/aromatic N) is 2. The number of nitro groups is 1. The first-order valence-corrected chi connectivity index (χ1v) is 9.63. The van der Waals surface area contributed by atoms with Gasteiger partial charge in [0.1, 0.15) is 5.82 Å². The summed E-state index contributed by atoms with van der Waals surface area (Å²) in [6.07, 6.45) is -0.261. The molecule has 4 N–H and O–H groups in total. The zero-order chi connectivity index (χ0) is 22.8. The molecule has 0 radical (unpaired) electrons. The molecule has 0 bridgehead atoms. The lowest BCUT2D eigenvalue weighted by molar-refractivity contribution is -0.384. The summed E-state index contributed by atoms with van der Waals surface area (Å²) >= 11 is 0. The Bertz CT molecular complexity index is 1280. The molecule has 0 saturated heterocycles. The van der Waals surface area contributed by atoms with Gasteiger partial charge in [0, 0.05) is 29.9 Å². The Morgan fingerprint density at radius 3 is 2.62 bits per heavy atom. The van der Waals surface area contributed by atoms with E-state index in [4.69, 9.17) is 0 Å². The third-order valence-electron chi connectivity index (χ3n) is 4.91. The third kappa shape index (κ3) is 4.31. The van der Waals surface area contributed by atoms with E-state index >= 15 is 0 Å². The summed E-state index contributed by atoms with van der Waals surface area (Å²) in [5.74, 6) is -2.14. The number of carbonyl (C=O) groups excluding carboxylic acids is 2. The van der Waals surface area contributed by atoms with Crippen molar-refractivity contribution in [1.82, 2.24) is 9.97 Å². The third-order valence-corrected chi connectivity index (χ3v) is 4.91. The standard InChI is InChI=1S/C21H18N6O5/c1-11-5-7-12(8-6-11)23-21-25-18-17(20(30)26-21)15(10-16(28)24-18)19(29)22-13-3-2-4-14(9-13)27(31)32/h2-9,15H,10H2,1H3,(H,22,29)(H3,23,24,25,26,28,30)/t15-/m1/s1. The Balaban J connectivity index is 1.62. The van der Waals surface area contributed by atoms with Crippen LogP contribution in [0, 0.1) is 17.0 Å². The van der Waals surface area contributed by atoms with Gasteiger partial charge in [0.05, 0.1) is 16.4 Å². The van der Waals surface area contributed by atoms with Gasteiger partial charge in [0.25, 0.3) is 11.2 Å². The zero-order valence-electron chi connectivity index (χ0n) is 16.8. The van der Waals surface area contributed by atoms with Gasteiger partial charge in [-0.2, -0.15) is 4.98 Å². The highest BCUT2D eigenvalue weighted by Crippen LogP contribution is 2.30. The molecule has 0 unspecified atom stereocenters. The summed E-state index contributed by atoms with van der Waals surface area (Å²) < 4.78 is 0. The molecule has 0 saturated carbocycles. The molecule has 1 aromatic heterocycles. The minimum atomic E-state index is -1.11. The molecule has 32 heavy (non-hydrogen) atoms. The van der Waals surface area contributed by atoms with Crippen LogP contribution in [-0.4, -0.2) is 26.7 Å². The lowest BCUT2D eigenvalue weighted by atomic mass is 9.92. The second-order valence-electron chi connectivity index (χ2n) is 7.27. The molecule has 162 valence electrons. The van der Waals surface area contributed by atoms with Gasteiger partial charge in [-0.1, -0.05) is 23.8 Å². The van der Waals surface area contributed by atoms with Gasteiger partial charge in [0.2, 0.25) is 17.8 Å². The van der Waals surface area contributed by atoms with E-state index < -0.39 is 28.2 Å². The topological polar surface area (TPSA) is 159 Å². The number of nitro benzene ring substituents is 1. The van der Waals surface area contributed by atoms with Crippen molar-refractivity contribution in [3.8, 4) is 0 Å². The Hall–Kier alpha value is -4.54. The Kier molecular flexibility index (Phi) is 5.37. The minimum Gasteiger partial charge on any atom is -0.326 e. The molecule has 3 aromatic rings. The Labute approximate surface area is 181 Å². The van der Waals surface area contributed by atoms with Crippen molar-refractivity contribution in [3.05, 3.63) is 80.1 Å². The average molecular weight is 434 g/mol. The molecule has 1 aliphatic heterocycles. The normalized spacial score (nSPS) is 14.8. The monoisotopic (exact) mass is 434 g/mol. The lowest BCUT2D eigenvalue weighted by Gasteiger charge is -2.23. The summed E-state index contributed by atoms with van der Waals surface area (Å²) in [7, 11) is 0. The highest BCUT2D eigenvalue weighted by molar-refractivity contribution is 6.04. The van der Waals surface area contributed by atoms with Crippen LogP contribution in [0.5, 0.6) is 0 Å². The zero-order valence-corrected chi connectivity index (χ0v) is 16.8. The number of hydrogen-bond donors (Lipinski definition) is 4. The molecule has 2 aromatic carbocycles. The number of benzene rings is 2. The molecule has 2 heterocycles. The Morgan fingerprint density at radius 2 is 1.91 bits per heavy atom. The molecule has 0 spiro atoms. The molecule has 4 rings (SSSR count). The smallest absolute Gasteiger partial charge is 0.271 e. The molecule has 0 aliphatic carbocycles. The van der Waals surface area contributed by atoms with Gasteiger partial charge in [-0.25, -0.2) is 0 Å². The first-order valence-electron chi connectivity index (χ1n) is 9.63. The van der Waals surface area contributed by atoms with Crippen LogP contribution in [0.25, 0.3) is 0 Å². The van der Waals surface area contributed by atoms with Crippen molar-refractivity contribution < 1.29 is 14.5 Å². The molecule has 0 fully saturated rings. The number of aromatic nitrogens is 2. The number of amides is 2. The van der Waals surface area contributed by atoms with Crippen molar-refractivity contribution in [3.63, 3.8) is 0 Å². The quantitative estimate of drug-likeness (QED) is 0.355. The van der Waals surface area contributed by atoms with E-state index in [1.807, 2.05) is 31.2 Å². The van der Waals surface area contributed by atoms with Crippen LogP contribution < -0.4 is 21.5 Å². The summed E-state index contributed by atoms with van der Waals surface area (Å²) in [6, 6.07) is 12.8. The van der Waals surface area contributed by atoms with Crippen LogP contribution in [-0.2, 0) is 9.59 Å². The van der Waals surface area contributed by atoms with Crippen LogP contribution in [0.3, 0.4) is 0 Å². The van der Waals surface area contributed by atoms with Gasteiger partial charge < -0.3 is 16.0 Å². The average Bonchev–Trinajstić information content (AvgIpc) is 2.74. The fourth-order valence-corrected chi connectivity index (χ4v) is 3.35. The number of hydrogen-bond acceptors (Lipinski definition) is 7. The molecular weight excluding hydrogens is 416 g/mol. The van der Waals surface area contributed by atoms with Crippen molar-refractivity contribution in [2.24, 2.45) is 0 Å². The van der Waals surface area contributed by atoms with E-state index in [1.165, 1.54) is 24.3 Å². The van der Waals surface area contributed by atoms with Gasteiger partial charge >= 0.3 is 0 Å². The Morgan fingerprint density at radius 1 is 1.16 bits per heavy atom. The van der Waals surface area contributed by atoms with Crippen molar-refractivity contribution in [2.75, 3.05) is 16.0 Å². The second kappa shape index (κ2) is 8.30. The van der Waals surface area contributed by atoms with E-state index in [0.717, 1.165) is 5.56 Å². The summed E-state index contributed by atoms with van der Waals surface area (Å²) in [6.45, 7) is 1.94. The van der Waals surface area contributed by atoms with E-state index in [9.17, 15) is 24.5 Å². The van der Waals surface area contributed by atoms with E-state index in [-0.39, 0.29) is 35.1 Å². The highest BCUT2D eigenvalue weighted by atomic mass is 16.6. The summed E-state index contributed by atoms with van der Waals surface area (Å²) in [5, 5.41) is 19.0. The van der Waals surface area contributed by atoms with Gasteiger partial charge in [-0.05, 0) is 25.1 Å². The SMILES string of the molecule is Cc1ccc(Nc2nc3c(c(=O)[nH]2)[C@H](C(=O)Nc2cccc([N+](=O)[O-])c2)CC(=O)N3)cc1. The predicted octanol–water partition coefficient (Wildman–Crippen LogP) is 2.79. The van der Waals surface area contributed by atoms with Crippen molar-refractivity contribution >= 4 is 40.6 Å². The highest BCUT2D eigenvalue weighted by Gasteiger charge is 2.35. The van der Waals surface area contributed by atoms with Crippen LogP contribution >= 0.6 is 0 Å². The number of carbonyl (C=O) groups is 2. The van der Waals surface area contributed by atoms with E-state index in [0.29, 0.717) is 5.69 Å². The number of nitrogens with one attached hydrogen (secondary N) is 4. The number of anilines is 4. The molecular formula is C21H18N6O5. The lowest BCUT2D eigenvalue weighted by Crippen LogP contribution is -2.36. The maximum Gasteiger partial charge on any atom is 0.271 e. The van der Waals surface area contributed by atoms with Crippen LogP contribution in [0.2, 0.25) is 0 Å². The minimum absolute atomic E-state index is 0.0150. The van der Waals surface area contributed by atoms with Crippen LogP contribution in [0.15, 0.2) is 53.3 Å². The summed E-state index contributed by atoms with van der Waals surface area (Å²) in [5.41, 5.74) is 1.16. The number of aromatic amines is 1. The first-order chi connectivity index (χ1) is 15.3. The number of H-pyrrole nitrogens is 1.